The second-order valence-electron chi connectivity index (χ2n) is 6.66. The van der Waals surface area contributed by atoms with Gasteiger partial charge in [0.15, 0.2) is 0 Å². The molecule has 0 aliphatic carbocycles. The Morgan fingerprint density at radius 1 is 1.07 bits per heavy atom. The molecule has 2 aromatic carbocycles. The van der Waals surface area contributed by atoms with Gasteiger partial charge in [0.1, 0.15) is 0 Å². The van der Waals surface area contributed by atoms with Gasteiger partial charge in [-0.3, -0.25) is 4.79 Å². The van der Waals surface area contributed by atoms with Crippen molar-refractivity contribution in [2.75, 3.05) is 13.1 Å². The molecule has 142 valence electrons. The van der Waals surface area contributed by atoms with Crippen LogP contribution < -0.4 is 0 Å². The Bertz CT molecular complexity index is 846. The highest BCUT2D eigenvalue weighted by atomic mass is 19.4. The highest BCUT2D eigenvalue weighted by molar-refractivity contribution is 5.96. The molecule has 1 aliphatic heterocycles. The topological polar surface area (TPSA) is 57.6 Å². The number of carbonyl (C=O) groups excluding carboxylic acids is 1. The standard InChI is InChI=1S/C20H18F3NO3/c21-20(22,23)17-4-2-1-3-16(17)18(25)24-10-9-14(12-24)11-13-5-7-15(8-6-13)19(26)27/h1-8,14H,9-12H2,(H,26,27). The first-order chi connectivity index (χ1) is 12.8. The van der Waals surface area contributed by atoms with E-state index < -0.39 is 23.6 Å². The number of benzene rings is 2. The monoisotopic (exact) mass is 377 g/mol. The van der Waals surface area contributed by atoms with Crippen LogP contribution in [0, 0.1) is 5.92 Å². The number of amides is 1. The first-order valence-electron chi connectivity index (χ1n) is 8.53. The average Bonchev–Trinajstić information content (AvgIpc) is 3.09. The Morgan fingerprint density at radius 3 is 2.37 bits per heavy atom. The fourth-order valence-corrected chi connectivity index (χ4v) is 3.39. The van der Waals surface area contributed by atoms with Crippen LogP contribution in [-0.2, 0) is 12.6 Å². The van der Waals surface area contributed by atoms with Crippen molar-refractivity contribution in [2.45, 2.75) is 19.0 Å². The predicted molar refractivity (Wildman–Crippen MR) is 92.6 cm³/mol. The summed E-state index contributed by atoms with van der Waals surface area (Å²) in [5.74, 6) is -1.48. The summed E-state index contributed by atoms with van der Waals surface area (Å²) in [6, 6.07) is 11.3. The summed E-state index contributed by atoms with van der Waals surface area (Å²) < 4.78 is 39.4. The van der Waals surface area contributed by atoms with Crippen LogP contribution in [0.3, 0.4) is 0 Å². The molecule has 0 radical (unpaired) electrons. The molecule has 0 aromatic heterocycles. The van der Waals surface area contributed by atoms with Crippen LogP contribution in [0.25, 0.3) is 0 Å². The van der Waals surface area contributed by atoms with E-state index >= 15 is 0 Å². The van der Waals surface area contributed by atoms with E-state index in [1.165, 1.54) is 35.2 Å². The maximum absolute atomic E-state index is 13.1. The van der Waals surface area contributed by atoms with Crippen molar-refractivity contribution >= 4 is 11.9 Å². The molecule has 1 atom stereocenters. The fraction of sp³-hybridized carbons (Fsp3) is 0.300. The summed E-state index contributed by atoms with van der Waals surface area (Å²) in [5.41, 5.74) is -0.0973. The third-order valence-corrected chi connectivity index (χ3v) is 4.76. The second-order valence-corrected chi connectivity index (χ2v) is 6.66. The third-order valence-electron chi connectivity index (χ3n) is 4.76. The van der Waals surface area contributed by atoms with Crippen LogP contribution in [0.4, 0.5) is 13.2 Å². The maximum atomic E-state index is 13.1. The van der Waals surface area contributed by atoms with Crippen LogP contribution in [0.2, 0.25) is 0 Å². The van der Waals surface area contributed by atoms with Crippen molar-refractivity contribution in [3.8, 4) is 0 Å². The molecule has 27 heavy (non-hydrogen) atoms. The van der Waals surface area contributed by atoms with Crippen LogP contribution in [0.1, 0.15) is 38.3 Å². The van der Waals surface area contributed by atoms with Crippen molar-refractivity contribution in [3.05, 3.63) is 70.8 Å². The summed E-state index contributed by atoms with van der Waals surface area (Å²) >= 11 is 0. The SMILES string of the molecule is O=C(O)c1ccc(CC2CCN(C(=O)c3ccccc3C(F)(F)F)C2)cc1. The zero-order valence-electron chi connectivity index (χ0n) is 14.4. The highest BCUT2D eigenvalue weighted by Crippen LogP contribution is 2.33. The molecule has 1 unspecified atom stereocenters. The zero-order chi connectivity index (χ0) is 19.6. The van der Waals surface area contributed by atoms with Gasteiger partial charge in [0.2, 0.25) is 0 Å². The Kier molecular flexibility index (Phi) is 5.21. The summed E-state index contributed by atoms with van der Waals surface area (Å²) in [7, 11) is 0. The lowest BCUT2D eigenvalue weighted by molar-refractivity contribution is -0.138. The van der Waals surface area contributed by atoms with Gasteiger partial charge >= 0.3 is 12.1 Å². The molecular weight excluding hydrogens is 359 g/mol. The molecule has 3 rings (SSSR count). The molecule has 7 heteroatoms. The molecule has 1 fully saturated rings. The number of nitrogens with zero attached hydrogens (tertiary/aromatic N) is 1. The van der Waals surface area contributed by atoms with Crippen LogP contribution >= 0.6 is 0 Å². The molecule has 0 bridgehead atoms. The van der Waals surface area contributed by atoms with Crippen molar-refractivity contribution in [2.24, 2.45) is 5.92 Å². The summed E-state index contributed by atoms with van der Waals surface area (Å²) in [5, 5.41) is 8.92. The Hall–Kier alpha value is -2.83. The number of aromatic carboxylic acids is 1. The fourth-order valence-electron chi connectivity index (χ4n) is 3.39. The summed E-state index contributed by atoms with van der Waals surface area (Å²) in [6.07, 6.45) is -3.23. The molecule has 0 spiro atoms. The molecule has 4 nitrogen and oxygen atoms in total. The molecular formula is C20H18F3NO3. The number of carboxylic acids is 1. The van der Waals surface area contributed by atoms with Gasteiger partial charge in [0.25, 0.3) is 5.91 Å². The minimum Gasteiger partial charge on any atom is -0.478 e. The number of hydrogen-bond acceptors (Lipinski definition) is 2. The van der Waals surface area contributed by atoms with Gasteiger partial charge in [0.05, 0.1) is 16.7 Å². The molecule has 0 saturated carbocycles. The number of carboxylic acid groups (broad SMARTS) is 1. The van der Waals surface area contributed by atoms with Crippen molar-refractivity contribution in [1.82, 2.24) is 4.90 Å². The van der Waals surface area contributed by atoms with Gasteiger partial charge in [-0.1, -0.05) is 24.3 Å². The van der Waals surface area contributed by atoms with Crippen molar-refractivity contribution in [3.63, 3.8) is 0 Å². The lowest BCUT2D eigenvalue weighted by Gasteiger charge is -2.19. The highest BCUT2D eigenvalue weighted by Gasteiger charge is 2.37. The largest absolute Gasteiger partial charge is 0.478 e. The minimum absolute atomic E-state index is 0.127. The van der Waals surface area contributed by atoms with E-state index in [1.54, 1.807) is 12.1 Å². The number of rotatable bonds is 4. The van der Waals surface area contributed by atoms with E-state index in [0.717, 1.165) is 11.6 Å². The van der Waals surface area contributed by atoms with E-state index in [1.807, 2.05) is 0 Å². The smallest absolute Gasteiger partial charge is 0.417 e. The van der Waals surface area contributed by atoms with Crippen LogP contribution in [0.15, 0.2) is 48.5 Å². The summed E-state index contributed by atoms with van der Waals surface area (Å²) in [4.78, 5) is 24.9. The van der Waals surface area contributed by atoms with Crippen molar-refractivity contribution in [1.29, 1.82) is 0 Å². The van der Waals surface area contributed by atoms with Gasteiger partial charge in [-0.2, -0.15) is 13.2 Å². The third kappa shape index (κ3) is 4.30. The Morgan fingerprint density at radius 2 is 1.74 bits per heavy atom. The minimum atomic E-state index is -4.57. The van der Waals surface area contributed by atoms with E-state index in [4.69, 9.17) is 5.11 Å². The lowest BCUT2D eigenvalue weighted by atomic mass is 9.98. The quantitative estimate of drug-likeness (QED) is 0.873. The normalized spacial score (nSPS) is 17.1. The first kappa shape index (κ1) is 18.9. The van der Waals surface area contributed by atoms with Gasteiger partial charge in [-0.05, 0) is 48.6 Å². The van der Waals surface area contributed by atoms with Gasteiger partial charge in [-0.25, -0.2) is 4.79 Å². The number of halogens is 3. The Balaban J connectivity index is 1.68. The van der Waals surface area contributed by atoms with E-state index in [0.29, 0.717) is 25.9 Å². The van der Waals surface area contributed by atoms with E-state index in [-0.39, 0.29) is 17.0 Å². The molecule has 2 aromatic rings. The van der Waals surface area contributed by atoms with Gasteiger partial charge in [0, 0.05) is 13.1 Å². The van der Waals surface area contributed by atoms with Crippen LogP contribution in [-0.4, -0.2) is 35.0 Å². The van der Waals surface area contributed by atoms with E-state index in [9.17, 15) is 22.8 Å². The summed E-state index contributed by atoms with van der Waals surface area (Å²) in [6.45, 7) is 0.786. The number of carbonyl (C=O) groups is 2. The van der Waals surface area contributed by atoms with Crippen molar-refractivity contribution < 1.29 is 27.9 Å². The molecule has 1 heterocycles. The second kappa shape index (κ2) is 7.42. The average molecular weight is 377 g/mol. The Labute approximate surface area is 154 Å². The molecule has 1 saturated heterocycles. The number of alkyl halides is 3. The zero-order valence-corrected chi connectivity index (χ0v) is 14.4. The molecule has 1 N–H and O–H groups in total. The molecule has 1 aliphatic rings. The van der Waals surface area contributed by atoms with Gasteiger partial charge < -0.3 is 10.0 Å². The van der Waals surface area contributed by atoms with Crippen LogP contribution in [0.5, 0.6) is 0 Å². The molecule has 1 amide bonds. The number of likely N-dealkylation sites (tertiary alicyclic amines) is 1. The maximum Gasteiger partial charge on any atom is 0.417 e. The predicted octanol–water partition coefficient (Wildman–Crippen LogP) is 4.11. The number of hydrogen-bond donors (Lipinski definition) is 1. The van der Waals surface area contributed by atoms with Gasteiger partial charge in [-0.15, -0.1) is 0 Å². The first-order valence-corrected chi connectivity index (χ1v) is 8.53. The van der Waals surface area contributed by atoms with E-state index in [2.05, 4.69) is 0 Å². The lowest BCUT2D eigenvalue weighted by Crippen LogP contribution is -2.30.